The molecule has 0 heterocycles. The first-order chi connectivity index (χ1) is 5.86. The van der Waals surface area contributed by atoms with E-state index in [-0.39, 0.29) is 0 Å². The predicted molar refractivity (Wildman–Crippen MR) is 46.1 cm³/mol. The largest absolute Gasteiger partial charge is 0.312 e. The number of rotatable bonds is 2. The maximum atomic E-state index is 8.39. The predicted octanol–water partition coefficient (Wildman–Crippen LogP) is 2.17. The van der Waals surface area contributed by atoms with Gasteiger partial charge >= 0.3 is 0 Å². The van der Waals surface area contributed by atoms with Gasteiger partial charge in [0.1, 0.15) is 0 Å². The third kappa shape index (κ3) is 2.11. The highest BCUT2D eigenvalue weighted by molar-refractivity contribution is 5.25. The van der Waals surface area contributed by atoms with Crippen molar-refractivity contribution in [3.8, 4) is 6.07 Å². The molecule has 0 spiro atoms. The fourth-order valence-corrected chi connectivity index (χ4v) is 0.945. The van der Waals surface area contributed by atoms with Gasteiger partial charge in [-0.05, 0) is 5.56 Å². The minimum Gasteiger partial charge on any atom is -0.312 e. The molecule has 0 aliphatic carbocycles. The van der Waals surface area contributed by atoms with Crippen molar-refractivity contribution >= 4 is 0 Å². The molecule has 1 rings (SSSR count). The summed E-state index contributed by atoms with van der Waals surface area (Å²) in [5.74, 6) is 0. The van der Waals surface area contributed by atoms with Gasteiger partial charge in [0, 0.05) is 5.56 Å². The van der Waals surface area contributed by atoms with Crippen molar-refractivity contribution in [2.45, 2.75) is 13.0 Å². The first-order valence-electron chi connectivity index (χ1n) is 3.65. The Balaban J connectivity index is 2.74. The molecule has 1 aromatic carbocycles. The molecule has 0 atom stereocenters. The van der Waals surface area contributed by atoms with Gasteiger partial charge in [0.25, 0.3) is 0 Å². The van der Waals surface area contributed by atoms with E-state index in [1.165, 1.54) is 0 Å². The molecule has 0 N–H and O–H groups in total. The summed E-state index contributed by atoms with van der Waals surface area (Å²) in [6.45, 7) is 7.07. The second-order valence-electron chi connectivity index (χ2n) is 2.47. The highest BCUT2D eigenvalue weighted by atomic mass is 14.6. The van der Waals surface area contributed by atoms with E-state index >= 15 is 0 Å². The van der Waals surface area contributed by atoms with Crippen molar-refractivity contribution in [1.82, 2.24) is 0 Å². The molecular formula is C10H8N2. The molecule has 0 bridgehead atoms. The number of benzene rings is 1. The van der Waals surface area contributed by atoms with E-state index in [0.717, 1.165) is 11.1 Å². The average molecular weight is 156 g/mol. The van der Waals surface area contributed by atoms with Crippen LogP contribution in [0.3, 0.4) is 0 Å². The molecule has 0 saturated carbocycles. The normalized spacial score (nSPS) is 8.50. The summed E-state index contributed by atoms with van der Waals surface area (Å²) < 4.78 is 0. The quantitative estimate of drug-likeness (QED) is 0.603. The Labute approximate surface area is 71.9 Å². The van der Waals surface area contributed by atoms with E-state index in [4.69, 9.17) is 11.8 Å². The van der Waals surface area contributed by atoms with Gasteiger partial charge in [0.05, 0.1) is 12.5 Å². The first kappa shape index (κ1) is 8.30. The van der Waals surface area contributed by atoms with Gasteiger partial charge in [-0.1, -0.05) is 24.3 Å². The van der Waals surface area contributed by atoms with Crippen LogP contribution in [0.1, 0.15) is 11.1 Å². The zero-order chi connectivity index (χ0) is 8.81. The van der Waals surface area contributed by atoms with Gasteiger partial charge in [0.2, 0.25) is 6.54 Å². The fraction of sp³-hybridized carbons (Fsp3) is 0.200. The SMILES string of the molecule is [C-]#[N+]Cc1ccc(CC#N)cc1. The Kier molecular flexibility index (Phi) is 2.87. The lowest BCUT2D eigenvalue weighted by molar-refractivity contribution is 1.21. The Bertz CT molecular complexity index is 289. The van der Waals surface area contributed by atoms with Crippen LogP contribution in [0.4, 0.5) is 0 Å². The molecule has 0 aromatic heterocycles. The molecule has 2 heteroatoms. The van der Waals surface area contributed by atoms with E-state index in [0.29, 0.717) is 13.0 Å². The van der Waals surface area contributed by atoms with Gasteiger partial charge in [-0.15, -0.1) is 0 Å². The Hall–Kier alpha value is -1.80. The summed E-state index contributed by atoms with van der Waals surface area (Å²) >= 11 is 0. The second kappa shape index (κ2) is 4.16. The average Bonchev–Trinajstić information content (AvgIpc) is 2.09. The van der Waals surface area contributed by atoms with Crippen molar-refractivity contribution in [3.63, 3.8) is 0 Å². The maximum Gasteiger partial charge on any atom is 0.239 e. The van der Waals surface area contributed by atoms with E-state index in [1.807, 2.05) is 24.3 Å². The molecule has 0 aliphatic rings. The molecular weight excluding hydrogens is 148 g/mol. The van der Waals surface area contributed by atoms with Gasteiger partial charge in [-0.25, -0.2) is 6.57 Å². The molecule has 0 saturated heterocycles. The summed E-state index contributed by atoms with van der Waals surface area (Å²) in [7, 11) is 0. The zero-order valence-corrected chi connectivity index (χ0v) is 6.62. The Morgan fingerprint density at radius 1 is 1.25 bits per heavy atom. The Morgan fingerprint density at radius 2 is 1.83 bits per heavy atom. The van der Waals surface area contributed by atoms with Crippen LogP contribution in [0.25, 0.3) is 4.85 Å². The minimum absolute atomic E-state index is 0.423. The summed E-state index contributed by atoms with van der Waals surface area (Å²) in [5.41, 5.74) is 2.01. The number of nitriles is 1. The van der Waals surface area contributed by atoms with E-state index in [1.54, 1.807) is 0 Å². The lowest BCUT2D eigenvalue weighted by Gasteiger charge is -1.94. The third-order valence-electron chi connectivity index (χ3n) is 1.57. The van der Waals surface area contributed by atoms with Crippen LogP contribution in [0, 0.1) is 17.9 Å². The van der Waals surface area contributed by atoms with Crippen LogP contribution in [-0.2, 0) is 13.0 Å². The standard InChI is InChI=1S/C10H8N2/c1-12-8-10-4-2-9(3-5-10)6-7-11/h2-5H,6,8H2. The molecule has 2 nitrogen and oxygen atoms in total. The van der Waals surface area contributed by atoms with Crippen molar-refractivity contribution in [3.05, 3.63) is 46.8 Å². The zero-order valence-electron chi connectivity index (χ0n) is 6.62. The summed E-state index contributed by atoms with van der Waals surface area (Å²) in [4.78, 5) is 3.27. The number of nitrogens with zero attached hydrogens (tertiary/aromatic N) is 2. The minimum atomic E-state index is 0.423. The molecule has 0 unspecified atom stereocenters. The highest BCUT2D eigenvalue weighted by Crippen LogP contribution is 2.05. The number of hydrogen-bond acceptors (Lipinski definition) is 1. The second-order valence-corrected chi connectivity index (χ2v) is 2.47. The van der Waals surface area contributed by atoms with Crippen molar-refractivity contribution in [1.29, 1.82) is 5.26 Å². The lowest BCUT2D eigenvalue weighted by atomic mass is 10.1. The van der Waals surface area contributed by atoms with Gasteiger partial charge in [0.15, 0.2) is 0 Å². The maximum absolute atomic E-state index is 8.39. The Morgan fingerprint density at radius 3 is 2.33 bits per heavy atom. The summed E-state index contributed by atoms with van der Waals surface area (Å²) in [5, 5.41) is 8.39. The monoisotopic (exact) mass is 156 g/mol. The topological polar surface area (TPSA) is 28.1 Å². The van der Waals surface area contributed by atoms with Gasteiger partial charge in [-0.2, -0.15) is 5.26 Å². The van der Waals surface area contributed by atoms with Crippen molar-refractivity contribution < 1.29 is 0 Å². The molecule has 58 valence electrons. The number of hydrogen-bond donors (Lipinski definition) is 0. The van der Waals surface area contributed by atoms with Crippen LogP contribution in [-0.4, -0.2) is 0 Å². The summed E-state index contributed by atoms with van der Waals surface area (Å²) in [6, 6.07) is 9.65. The first-order valence-corrected chi connectivity index (χ1v) is 3.65. The van der Waals surface area contributed by atoms with Crippen LogP contribution < -0.4 is 0 Å². The van der Waals surface area contributed by atoms with Crippen LogP contribution in [0.2, 0.25) is 0 Å². The molecule has 12 heavy (non-hydrogen) atoms. The third-order valence-corrected chi connectivity index (χ3v) is 1.57. The van der Waals surface area contributed by atoms with Crippen LogP contribution in [0.5, 0.6) is 0 Å². The van der Waals surface area contributed by atoms with E-state index in [9.17, 15) is 0 Å². The van der Waals surface area contributed by atoms with Crippen molar-refractivity contribution in [2.75, 3.05) is 0 Å². The molecule has 0 amide bonds. The fourth-order valence-electron chi connectivity index (χ4n) is 0.945. The van der Waals surface area contributed by atoms with Gasteiger partial charge in [-0.3, -0.25) is 0 Å². The van der Waals surface area contributed by atoms with Crippen molar-refractivity contribution in [2.24, 2.45) is 0 Å². The van der Waals surface area contributed by atoms with Crippen LogP contribution >= 0.6 is 0 Å². The molecule has 0 fully saturated rings. The molecule has 0 aliphatic heterocycles. The van der Waals surface area contributed by atoms with Gasteiger partial charge < -0.3 is 4.85 Å². The molecule has 1 aromatic rings. The van der Waals surface area contributed by atoms with E-state index < -0.39 is 0 Å². The smallest absolute Gasteiger partial charge is 0.239 e. The van der Waals surface area contributed by atoms with E-state index in [2.05, 4.69) is 10.9 Å². The molecule has 0 radical (unpaired) electrons. The lowest BCUT2D eigenvalue weighted by Crippen LogP contribution is -1.83. The summed E-state index contributed by atoms with van der Waals surface area (Å²) in [6.07, 6.45) is 0.443. The highest BCUT2D eigenvalue weighted by Gasteiger charge is 1.94. The van der Waals surface area contributed by atoms with Crippen LogP contribution in [0.15, 0.2) is 24.3 Å².